The Kier molecular flexibility index (Phi) is 4.68. The van der Waals surface area contributed by atoms with Crippen LogP contribution < -0.4 is 4.74 Å². The van der Waals surface area contributed by atoms with Gasteiger partial charge >= 0.3 is 0 Å². The standard InChI is InChI=1S/C16H23N5O/c1-13-7-9-20(10-8-13)12-16-17-18-19-21(16)11-14-3-5-15(22-2)6-4-14/h3-6,13H,7-12H2,1-2H3. The van der Waals surface area contributed by atoms with Crippen molar-refractivity contribution in [2.45, 2.75) is 32.9 Å². The Bertz CT molecular complexity index is 587. The maximum atomic E-state index is 5.18. The van der Waals surface area contributed by atoms with Crippen LogP contribution in [-0.4, -0.2) is 45.3 Å². The third kappa shape index (κ3) is 3.62. The second-order valence-corrected chi connectivity index (χ2v) is 6.06. The molecule has 1 aromatic heterocycles. The van der Waals surface area contributed by atoms with Gasteiger partial charge in [-0.15, -0.1) is 5.10 Å². The number of rotatable bonds is 5. The van der Waals surface area contributed by atoms with Crippen molar-refractivity contribution in [1.29, 1.82) is 0 Å². The maximum absolute atomic E-state index is 5.18. The first-order valence-corrected chi connectivity index (χ1v) is 7.85. The molecule has 0 bridgehead atoms. The van der Waals surface area contributed by atoms with Gasteiger partial charge in [-0.2, -0.15) is 0 Å². The monoisotopic (exact) mass is 301 g/mol. The summed E-state index contributed by atoms with van der Waals surface area (Å²) in [4.78, 5) is 2.44. The number of hydrogen-bond acceptors (Lipinski definition) is 5. The Hall–Kier alpha value is -1.95. The minimum absolute atomic E-state index is 0.691. The summed E-state index contributed by atoms with van der Waals surface area (Å²) in [5.74, 6) is 2.64. The van der Waals surface area contributed by atoms with Gasteiger partial charge < -0.3 is 4.74 Å². The second-order valence-electron chi connectivity index (χ2n) is 6.06. The molecule has 6 nitrogen and oxygen atoms in total. The number of likely N-dealkylation sites (tertiary alicyclic amines) is 1. The minimum Gasteiger partial charge on any atom is -0.497 e. The van der Waals surface area contributed by atoms with Crippen LogP contribution in [0.25, 0.3) is 0 Å². The highest BCUT2D eigenvalue weighted by Gasteiger charge is 2.18. The van der Waals surface area contributed by atoms with Gasteiger partial charge in [0.25, 0.3) is 0 Å². The molecule has 0 saturated carbocycles. The summed E-state index contributed by atoms with van der Waals surface area (Å²) in [7, 11) is 1.67. The molecule has 0 spiro atoms. The zero-order valence-electron chi connectivity index (χ0n) is 13.3. The summed E-state index contributed by atoms with van der Waals surface area (Å²) < 4.78 is 7.07. The number of nitrogens with zero attached hydrogens (tertiary/aromatic N) is 5. The van der Waals surface area contributed by atoms with Crippen LogP contribution in [0.15, 0.2) is 24.3 Å². The number of aromatic nitrogens is 4. The van der Waals surface area contributed by atoms with E-state index in [1.807, 2.05) is 28.9 Å². The molecule has 0 amide bonds. The number of benzene rings is 1. The molecule has 118 valence electrons. The van der Waals surface area contributed by atoms with E-state index >= 15 is 0 Å². The molecule has 22 heavy (non-hydrogen) atoms. The van der Waals surface area contributed by atoms with Crippen molar-refractivity contribution in [3.63, 3.8) is 0 Å². The molecule has 2 aromatic rings. The summed E-state index contributed by atoms with van der Waals surface area (Å²) in [5.41, 5.74) is 1.17. The van der Waals surface area contributed by atoms with Crippen molar-refractivity contribution in [2.24, 2.45) is 5.92 Å². The Labute approximate surface area is 131 Å². The number of piperidine rings is 1. The van der Waals surface area contributed by atoms with E-state index in [1.165, 1.54) is 18.4 Å². The predicted octanol–water partition coefficient (Wildman–Crippen LogP) is 1.96. The molecule has 6 heteroatoms. The topological polar surface area (TPSA) is 56.1 Å². The van der Waals surface area contributed by atoms with Crippen LogP contribution in [0.1, 0.15) is 31.2 Å². The van der Waals surface area contributed by atoms with Crippen molar-refractivity contribution in [1.82, 2.24) is 25.1 Å². The summed E-state index contributed by atoms with van der Waals surface area (Å²) in [5, 5.41) is 12.2. The van der Waals surface area contributed by atoms with Crippen molar-refractivity contribution in [3.05, 3.63) is 35.7 Å². The fourth-order valence-corrected chi connectivity index (χ4v) is 2.78. The van der Waals surface area contributed by atoms with Gasteiger partial charge in [-0.25, -0.2) is 4.68 Å². The Morgan fingerprint density at radius 2 is 1.86 bits per heavy atom. The molecule has 2 heterocycles. The molecule has 0 atom stereocenters. The number of ether oxygens (including phenoxy) is 1. The highest BCUT2D eigenvalue weighted by atomic mass is 16.5. The largest absolute Gasteiger partial charge is 0.497 e. The average Bonchev–Trinajstić information content (AvgIpc) is 2.97. The van der Waals surface area contributed by atoms with Crippen molar-refractivity contribution >= 4 is 0 Å². The third-order valence-electron chi connectivity index (χ3n) is 4.34. The Balaban J connectivity index is 1.63. The van der Waals surface area contributed by atoms with E-state index in [9.17, 15) is 0 Å². The van der Waals surface area contributed by atoms with Gasteiger partial charge in [0.15, 0.2) is 5.82 Å². The number of tetrazole rings is 1. The Morgan fingerprint density at radius 1 is 1.14 bits per heavy atom. The normalized spacial score (nSPS) is 16.8. The number of methoxy groups -OCH3 is 1. The van der Waals surface area contributed by atoms with Gasteiger partial charge in [0.05, 0.1) is 20.2 Å². The summed E-state index contributed by atoms with van der Waals surface area (Å²) in [6.45, 7) is 6.12. The van der Waals surface area contributed by atoms with E-state index in [-0.39, 0.29) is 0 Å². The van der Waals surface area contributed by atoms with Crippen LogP contribution in [0.3, 0.4) is 0 Å². The molecular weight excluding hydrogens is 278 g/mol. The lowest BCUT2D eigenvalue weighted by molar-refractivity contribution is 0.179. The lowest BCUT2D eigenvalue weighted by Crippen LogP contribution is -2.33. The van der Waals surface area contributed by atoms with Crippen LogP contribution in [0, 0.1) is 5.92 Å². The molecule has 3 rings (SSSR count). The van der Waals surface area contributed by atoms with Gasteiger partial charge in [-0.3, -0.25) is 4.90 Å². The van der Waals surface area contributed by atoms with E-state index in [0.29, 0.717) is 6.54 Å². The van der Waals surface area contributed by atoms with Gasteiger partial charge in [0.2, 0.25) is 0 Å². The van der Waals surface area contributed by atoms with Gasteiger partial charge in [0, 0.05) is 0 Å². The average molecular weight is 301 g/mol. The summed E-state index contributed by atoms with van der Waals surface area (Å²) in [6.07, 6.45) is 2.53. The first-order valence-electron chi connectivity index (χ1n) is 7.85. The predicted molar refractivity (Wildman–Crippen MR) is 83.6 cm³/mol. The fraction of sp³-hybridized carbons (Fsp3) is 0.562. The second kappa shape index (κ2) is 6.87. The SMILES string of the molecule is COc1ccc(Cn2nnnc2CN2CCC(C)CC2)cc1. The first-order chi connectivity index (χ1) is 10.7. The molecule has 0 unspecified atom stereocenters. The van der Waals surface area contributed by atoms with E-state index in [1.54, 1.807) is 7.11 Å². The van der Waals surface area contributed by atoms with Gasteiger partial charge in [-0.05, 0) is 60.0 Å². The minimum atomic E-state index is 0.691. The van der Waals surface area contributed by atoms with Crippen molar-refractivity contribution in [2.75, 3.05) is 20.2 Å². The quantitative estimate of drug-likeness (QED) is 0.845. The van der Waals surface area contributed by atoms with Crippen molar-refractivity contribution in [3.8, 4) is 5.75 Å². The van der Waals surface area contributed by atoms with Crippen LogP contribution in [-0.2, 0) is 13.1 Å². The van der Waals surface area contributed by atoms with E-state index < -0.39 is 0 Å². The molecule has 0 N–H and O–H groups in total. The zero-order valence-corrected chi connectivity index (χ0v) is 13.3. The molecule has 1 saturated heterocycles. The lowest BCUT2D eigenvalue weighted by Gasteiger charge is -2.29. The summed E-state index contributed by atoms with van der Waals surface area (Å²) in [6, 6.07) is 8.02. The molecule has 1 aromatic carbocycles. The molecule has 1 aliphatic rings. The van der Waals surface area contributed by atoms with Crippen LogP contribution in [0.5, 0.6) is 5.75 Å². The van der Waals surface area contributed by atoms with Gasteiger partial charge in [0.1, 0.15) is 5.75 Å². The van der Waals surface area contributed by atoms with Crippen molar-refractivity contribution < 1.29 is 4.74 Å². The highest BCUT2D eigenvalue weighted by molar-refractivity contribution is 5.27. The third-order valence-corrected chi connectivity index (χ3v) is 4.34. The smallest absolute Gasteiger partial charge is 0.165 e. The van der Waals surface area contributed by atoms with Gasteiger partial charge in [-0.1, -0.05) is 19.1 Å². The first kappa shape index (κ1) is 15.0. The molecule has 0 aliphatic carbocycles. The van der Waals surface area contributed by atoms with E-state index in [4.69, 9.17) is 4.74 Å². The fourth-order valence-electron chi connectivity index (χ4n) is 2.78. The van der Waals surface area contributed by atoms with E-state index in [2.05, 4.69) is 27.3 Å². The maximum Gasteiger partial charge on any atom is 0.165 e. The van der Waals surface area contributed by atoms with Crippen LogP contribution in [0.2, 0.25) is 0 Å². The lowest BCUT2D eigenvalue weighted by atomic mass is 9.99. The van der Waals surface area contributed by atoms with Crippen LogP contribution >= 0.6 is 0 Å². The number of hydrogen-bond donors (Lipinski definition) is 0. The summed E-state index contributed by atoms with van der Waals surface area (Å²) >= 11 is 0. The Morgan fingerprint density at radius 3 is 2.55 bits per heavy atom. The van der Waals surface area contributed by atoms with E-state index in [0.717, 1.165) is 37.1 Å². The molecule has 1 aliphatic heterocycles. The highest BCUT2D eigenvalue weighted by Crippen LogP contribution is 2.18. The molecule has 1 fully saturated rings. The zero-order chi connectivity index (χ0) is 15.4. The van der Waals surface area contributed by atoms with Crippen LogP contribution in [0.4, 0.5) is 0 Å². The molecule has 0 radical (unpaired) electrons. The molecular formula is C16H23N5O.